The molecule has 4 aromatic heterocycles. The zero-order valence-corrected chi connectivity index (χ0v) is 40.2. The molecule has 6 nitrogen and oxygen atoms in total. The first-order valence-corrected chi connectivity index (χ1v) is 24.5. The van der Waals surface area contributed by atoms with Crippen LogP contribution in [0.25, 0.3) is 121 Å². The molecule has 0 aliphatic rings. The molecule has 0 spiro atoms. The Morgan fingerprint density at radius 1 is 0.264 bits per heavy atom. The average molecular weight is 921 g/mol. The van der Waals surface area contributed by atoms with Crippen LogP contribution >= 0.6 is 0 Å². The van der Waals surface area contributed by atoms with Crippen LogP contribution in [0.4, 0.5) is 0 Å². The largest absolute Gasteiger partial charge is 0.309 e. The Labute approximate surface area is 415 Å². The van der Waals surface area contributed by atoms with E-state index in [1.54, 1.807) is 0 Å². The number of nitriles is 2. The Morgan fingerprint density at radius 2 is 0.514 bits per heavy atom. The minimum atomic E-state index is 0.538. The average Bonchev–Trinajstić information content (AvgIpc) is 4.12. The zero-order chi connectivity index (χ0) is 48.5. The Balaban J connectivity index is 1.21. The topological polar surface area (TPSA) is 67.3 Å². The van der Waals surface area contributed by atoms with E-state index in [1.807, 2.05) is 0 Å². The van der Waals surface area contributed by atoms with E-state index in [4.69, 9.17) is 0 Å². The fourth-order valence-corrected chi connectivity index (χ4v) is 11.9. The van der Waals surface area contributed by atoms with Gasteiger partial charge in [0.05, 0.1) is 78.0 Å². The predicted molar refractivity (Wildman–Crippen MR) is 298 cm³/mol. The van der Waals surface area contributed by atoms with Crippen LogP contribution in [0.1, 0.15) is 33.4 Å². The summed E-state index contributed by atoms with van der Waals surface area (Å²) in [6, 6.07) is 74.8. The van der Waals surface area contributed by atoms with E-state index >= 15 is 0 Å². The van der Waals surface area contributed by atoms with Gasteiger partial charge in [0.25, 0.3) is 0 Å². The van der Waals surface area contributed by atoms with Crippen LogP contribution in [0.3, 0.4) is 0 Å². The summed E-state index contributed by atoms with van der Waals surface area (Å²) >= 11 is 0. The molecule has 4 heterocycles. The van der Waals surface area contributed by atoms with Crippen LogP contribution in [0, 0.1) is 50.4 Å². The van der Waals surface area contributed by atoms with Crippen LogP contribution in [-0.2, 0) is 0 Å². The molecule has 0 aliphatic carbocycles. The number of nitrogens with zero attached hydrogens (tertiary/aromatic N) is 6. The van der Waals surface area contributed by atoms with Crippen LogP contribution in [0.2, 0.25) is 0 Å². The number of fused-ring (bicyclic) bond motifs is 12. The molecular weight excluding hydrogens is 877 g/mol. The number of benzene rings is 10. The Morgan fingerprint density at radius 3 is 0.792 bits per heavy atom. The number of para-hydroxylation sites is 4. The summed E-state index contributed by atoms with van der Waals surface area (Å²) < 4.78 is 9.24. The smallest absolute Gasteiger partial charge is 0.101 e. The van der Waals surface area contributed by atoms with E-state index in [2.05, 4.69) is 252 Å². The Kier molecular flexibility index (Phi) is 8.87. The Hall–Kier alpha value is -9.62. The van der Waals surface area contributed by atoms with Crippen molar-refractivity contribution >= 4 is 87.2 Å². The van der Waals surface area contributed by atoms with Crippen molar-refractivity contribution in [3.8, 4) is 46.0 Å². The van der Waals surface area contributed by atoms with Crippen molar-refractivity contribution in [3.05, 3.63) is 228 Å². The maximum Gasteiger partial charge on any atom is 0.101 e. The molecule has 338 valence electrons. The summed E-state index contributed by atoms with van der Waals surface area (Å²) in [5.74, 6) is 0. The zero-order valence-electron chi connectivity index (χ0n) is 40.2. The van der Waals surface area contributed by atoms with Crippen molar-refractivity contribution in [2.45, 2.75) is 27.7 Å². The minimum absolute atomic E-state index is 0.538. The lowest BCUT2D eigenvalue weighted by Crippen LogP contribution is -2.07. The summed E-state index contributed by atoms with van der Waals surface area (Å²) in [5, 5.41) is 32.1. The molecule has 6 heteroatoms. The number of hydrogen-bond acceptors (Lipinski definition) is 2. The highest BCUT2D eigenvalue weighted by Crippen LogP contribution is 2.46. The molecule has 0 atom stereocenters. The molecule has 0 radical (unpaired) electrons. The van der Waals surface area contributed by atoms with E-state index < -0.39 is 0 Å². The quantitative estimate of drug-likeness (QED) is 0.173. The maximum absolute atomic E-state index is 11.6. The molecule has 0 fully saturated rings. The highest BCUT2D eigenvalue weighted by Gasteiger charge is 2.27. The van der Waals surface area contributed by atoms with Crippen molar-refractivity contribution in [1.82, 2.24) is 18.3 Å². The van der Waals surface area contributed by atoms with Gasteiger partial charge in [-0.1, -0.05) is 119 Å². The fraction of sp³-hybridized carbons (Fsp3) is 0.0606. The summed E-state index contributed by atoms with van der Waals surface area (Å²) in [4.78, 5) is 0. The van der Waals surface area contributed by atoms with E-state index in [0.717, 1.165) is 121 Å². The van der Waals surface area contributed by atoms with E-state index in [0.29, 0.717) is 11.1 Å². The van der Waals surface area contributed by atoms with Gasteiger partial charge in [0, 0.05) is 54.2 Å². The van der Waals surface area contributed by atoms with Crippen molar-refractivity contribution in [1.29, 1.82) is 10.5 Å². The van der Waals surface area contributed by atoms with Crippen molar-refractivity contribution in [2.24, 2.45) is 0 Å². The highest BCUT2D eigenvalue weighted by molar-refractivity contribution is 6.14. The lowest BCUT2D eigenvalue weighted by atomic mass is 9.95. The first kappa shape index (κ1) is 41.4. The predicted octanol–water partition coefficient (Wildman–Crippen LogP) is 16.7. The molecule has 0 aliphatic heterocycles. The van der Waals surface area contributed by atoms with E-state index in [1.165, 1.54) is 22.3 Å². The number of hydrogen-bond donors (Lipinski definition) is 0. The van der Waals surface area contributed by atoms with E-state index in [-0.39, 0.29) is 0 Å². The molecule has 0 N–H and O–H groups in total. The van der Waals surface area contributed by atoms with Gasteiger partial charge in [-0.15, -0.1) is 0 Å². The third kappa shape index (κ3) is 5.87. The molecule has 10 aromatic carbocycles. The van der Waals surface area contributed by atoms with Crippen LogP contribution in [0.15, 0.2) is 194 Å². The monoisotopic (exact) mass is 920 g/mol. The summed E-state index contributed by atoms with van der Waals surface area (Å²) in [6.45, 7) is 8.54. The van der Waals surface area contributed by atoms with Crippen molar-refractivity contribution in [2.75, 3.05) is 0 Å². The molecule has 0 saturated carbocycles. The van der Waals surface area contributed by atoms with Gasteiger partial charge in [0.1, 0.15) is 12.1 Å². The first-order valence-electron chi connectivity index (χ1n) is 24.5. The molecule has 0 unspecified atom stereocenters. The van der Waals surface area contributed by atoms with Gasteiger partial charge in [0.15, 0.2) is 0 Å². The standard InChI is InChI=1S/C66H44N6/c1-39-21-25-59-49(29-39)45-13-5-9-17-55(45)69(59)63-35-53(65(33-43(63)37-67)71-57-19-11-7-15-47(57)51-31-41(3)23-27-61(51)71)54-36-64(70-56-18-10-6-14-46(56)50-30-40(2)22-26-60(50)70)44(38-68)34-66(54)72-58-20-12-8-16-48(58)52-32-42(4)24-28-62(52)72/h5-36H,1-4H3. The van der Waals surface area contributed by atoms with Crippen molar-refractivity contribution < 1.29 is 0 Å². The van der Waals surface area contributed by atoms with Crippen LogP contribution < -0.4 is 0 Å². The second-order valence-electron chi connectivity index (χ2n) is 19.5. The first-order chi connectivity index (χ1) is 35.3. The van der Waals surface area contributed by atoms with Crippen molar-refractivity contribution in [3.63, 3.8) is 0 Å². The molecule has 0 amide bonds. The molecule has 0 bridgehead atoms. The number of aryl methyl sites for hydroxylation is 4. The van der Waals surface area contributed by atoms with Crippen LogP contribution in [0.5, 0.6) is 0 Å². The van der Waals surface area contributed by atoms with Gasteiger partial charge in [-0.3, -0.25) is 0 Å². The molecule has 0 saturated heterocycles. The fourth-order valence-electron chi connectivity index (χ4n) is 11.9. The minimum Gasteiger partial charge on any atom is -0.309 e. The molecule has 14 aromatic rings. The number of rotatable bonds is 5. The molecule has 14 rings (SSSR count). The second-order valence-corrected chi connectivity index (χ2v) is 19.5. The summed E-state index contributed by atoms with van der Waals surface area (Å²) in [5.41, 5.74) is 19.0. The molecular formula is C66H44N6. The van der Waals surface area contributed by atoms with Gasteiger partial charge in [-0.25, -0.2) is 0 Å². The van der Waals surface area contributed by atoms with Gasteiger partial charge in [-0.2, -0.15) is 10.5 Å². The lowest BCUT2D eigenvalue weighted by molar-refractivity contribution is 1.12. The normalized spacial score (nSPS) is 11.9. The molecule has 72 heavy (non-hydrogen) atoms. The van der Waals surface area contributed by atoms with Crippen LogP contribution in [-0.4, -0.2) is 18.3 Å². The number of aromatic nitrogens is 4. The van der Waals surface area contributed by atoms with Gasteiger partial charge >= 0.3 is 0 Å². The van der Waals surface area contributed by atoms with Gasteiger partial charge in [-0.05, 0) is 125 Å². The Bertz CT molecular complexity index is 4460. The second kappa shape index (κ2) is 15.4. The van der Waals surface area contributed by atoms with Gasteiger partial charge < -0.3 is 18.3 Å². The summed E-state index contributed by atoms with van der Waals surface area (Å²) in [7, 11) is 0. The van der Waals surface area contributed by atoms with Gasteiger partial charge in [0.2, 0.25) is 0 Å². The third-order valence-corrected chi connectivity index (χ3v) is 15.0. The third-order valence-electron chi connectivity index (χ3n) is 15.0. The summed E-state index contributed by atoms with van der Waals surface area (Å²) in [6.07, 6.45) is 0. The maximum atomic E-state index is 11.6. The van der Waals surface area contributed by atoms with E-state index in [9.17, 15) is 10.5 Å². The SMILES string of the molecule is Cc1ccc2c(c1)c1ccccc1n2-c1cc(-c2cc(-n3c4ccccc4c4cc(C)ccc43)c(C#N)cc2-n2c3ccccc3c3cc(C)ccc32)c(-n2c3ccccc3c3cc(C)ccc32)cc1C#N. The lowest BCUT2D eigenvalue weighted by Gasteiger charge is -2.23. The highest BCUT2D eigenvalue weighted by atomic mass is 15.0.